The molecule has 0 saturated carbocycles. The molecule has 1 N–H and O–H groups in total. The van der Waals surface area contributed by atoms with Gasteiger partial charge in [0, 0.05) is 17.9 Å². The van der Waals surface area contributed by atoms with Gasteiger partial charge in [-0.25, -0.2) is 9.67 Å². The van der Waals surface area contributed by atoms with Gasteiger partial charge >= 0.3 is 0 Å². The van der Waals surface area contributed by atoms with E-state index in [0.717, 1.165) is 33.6 Å². The molecule has 7 nitrogen and oxygen atoms in total. The van der Waals surface area contributed by atoms with Crippen LogP contribution in [0.2, 0.25) is 0 Å². The van der Waals surface area contributed by atoms with Gasteiger partial charge in [-0.2, -0.15) is 5.10 Å². The van der Waals surface area contributed by atoms with Crippen molar-refractivity contribution in [2.75, 3.05) is 11.1 Å². The first-order valence-electron chi connectivity index (χ1n) is 10.9. The van der Waals surface area contributed by atoms with Crippen LogP contribution in [0.4, 0.5) is 5.69 Å². The van der Waals surface area contributed by atoms with Crippen molar-refractivity contribution in [3.63, 3.8) is 0 Å². The van der Waals surface area contributed by atoms with E-state index in [2.05, 4.69) is 22.5 Å². The van der Waals surface area contributed by atoms with Crippen molar-refractivity contribution >= 4 is 34.4 Å². The standard InChI is InChI=1S/C25H25N5O2S/c1-14-6-5-7-18(10-14)30-23-20(12-26-30)24(32)29-19(13-33-25(29)28-23)11-21(31)27-22-16(3)8-15(2)9-17(22)4/h5-10,12,19H,11,13H2,1-4H3,(H,27,31). The second-order valence-corrected chi connectivity index (χ2v) is 9.68. The number of carbonyl (C=O) groups is 1. The molecule has 0 saturated heterocycles. The van der Waals surface area contributed by atoms with Crippen LogP contribution < -0.4 is 10.9 Å². The number of carbonyl (C=O) groups excluding carboxylic acids is 1. The predicted octanol–water partition coefficient (Wildman–Crippen LogP) is 4.49. The summed E-state index contributed by atoms with van der Waals surface area (Å²) >= 11 is 1.50. The Morgan fingerprint density at radius 3 is 2.61 bits per heavy atom. The molecule has 0 spiro atoms. The Hall–Kier alpha value is -3.39. The molecule has 168 valence electrons. The normalized spacial score (nSPS) is 15.1. The minimum absolute atomic E-state index is 0.106. The molecule has 1 aliphatic rings. The van der Waals surface area contributed by atoms with Gasteiger partial charge in [0.15, 0.2) is 10.8 Å². The Morgan fingerprint density at radius 1 is 1.12 bits per heavy atom. The summed E-state index contributed by atoms with van der Waals surface area (Å²) in [7, 11) is 0. The van der Waals surface area contributed by atoms with Crippen molar-refractivity contribution in [2.45, 2.75) is 45.3 Å². The van der Waals surface area contributed by atoms with Gasteiger partial charge < -0.3 is 5.32 Å². The summed E-state index contributed by atoms with van der Waals surface area (Å²) in [5.74, 6) is 0.525. The molecule has 1 unspecified atom stereocenters. The lowest BCUT2D eigenvalue weighted by Crippen LogP contribution is -2.28. The third kappa shape index (κ3) is 3.84. The summed E-state index contributed by atoms with van der Waals surface area (Å²) in [5.41, 5.74) is 6.43. The molecule has 5 rings (SSSR count). The highest BCUT2D eigenvalue weighted by Crippen LogP contribution is 2.34. The van der Waals surface area contributed by atoms with Gasteiger partial charge in [0.2, 0.25) is 5.91 Å². The maximum Gasteiger partial charge on any atom is 0.265 e. The summed E-state index contributed by atoms with van der Waals surface area (Å²) in [6.07, 6.45) is 1.78. The van der Waals surface area contributed by atoms with Gasteiger partial charge in [0.05, 0.1) is 17.9 Å². The highest BCUT2D eigenvalue weighted by atomic mass is 32.2. The van der Waals surface area contributed by atoms with Crippen LogP contribution >= 0.6 is 11.8 Å². The SMILES string of the molecule is Cc1cccc(-n2ncc3c(=O)n4c(nc32)SCC4CC(=O)Nc2c(C)cc(C)cc2C)c1. The number of amides is 1. The maximum atomic E-state index is 13.4. The summed E-state index contributed by atoms with van der Waals surface area (Å²) in [6.45, 7) is 8.04. The number of anilines is 1. The fourth-order valence-electron chi connectivity index (χ4n) is 4.51. The van der Waals surface area contributed by atoms with E-state index in [9.17, 15) is 9.59 Å². The molecular formula is C25H25N5O2S. The number of hydrogen-bond donors (Lipinski definition) is 1. The predicted molar refractivity (Wildman–Crippen MR) is 132 cm³/mol. The number of nitrogens with zero attached hydrogens (tertiary/aromatic N) is 4. The van der Waals surface area contributed by atoms with Crippen molar-refractivity contribution in [1.82, 2.24) is 19.3 Å². The third-order valence-corrected chi connectivity index (χ3v) is 7.08. The zero-order valence-electron chi connectivity index (χ0n) is 19.0. The number of thioether (sulfide) groups is 1. The van der Waals surface area contributed by atoms with Gasteiger partial charge in [-0.05, 0) is 56.5 Å². The van der Waals surface area contributed by atoms with Gasteiger partial charge in [-0.15, -0.1) is 0 Å². The van der Waals surface area contributed by atoms with E-state index < -0.39 is 0 Å². The minimum atomic E-state index is -0.247. The number of benzene rings is 2. The molecule has 1 atom stereocenters. The lowest BCUT2D eigenvalue weighted by Gasteiger charge is -2.16. The monoisotopic (exact) mass is 459 g/mol. The zero-order valence-corrected chi connectivity index (χ0v) is 19.9. The molecule has 0 aliphatic carbocycles. The fourth-order valence-corrected chi connectivity index (χ4v) is 5.64. The lowest BCUT2D eigenvalue weighted by molar-refractivity contribution is -0.116. The van der Waals surface area contributed by atoms with Crippen LogP contribution in [0, 0.1) is 27.7 Å². The molecule has 3 heterocycles. The number of aromatic nitrogens is 4. The highest BCUT2D eigenvalue weighted by Gasteiger charge is 2.30. The molecule has 8 heteroatoms. The maximum absolute atomic E-state index is 13.4. The molecule has 2 aromatic carbocycles. The fraction of sp³-hybridized carbons (Fsp3) is 0.280. The first-order chi connectivity index (χ1) is 15.8. The number of hydrogen-bond acceptors (Lipinski definition) is 5. The number of aryl methyl sites for hydroxylation is 4. The molecule has 0 fully saturated rings. The summed E-state index contributed by atoms with van der Waals surface area (Å²) < 4.78 is 3.36. The first kappa shape index (κ1) is 21.5. The van der Waals surface area contributed by atoms with Crippen LogP contribution in [0.25, 0.3) is 16.7 Å². The van der Waals surface area contributed by atoms with E-state index >= 15 is 0 Å². The molecule has 33 heavy (non-hydrogen) atoms. The molecule has 4 aromatic rings. The van der Waals surface area contributed by atoms with E-state index in [0.29, 0.717) is 21.9 Å². The Labute approximate surface area is 195 Å². The topological polar surface area (TPSA) is 81.8 Å². The molecule has 1 aliphatic heterocycles. The second kappa shape index (κ2) is 8.19. The Kier molecular flexibility index (Phi) is 5.32. The van der Waals surface area contributed by atoms with Crippen LogP contribution in [-0.2, 0) is 4.79 Å². The van der Waals surface area contributed by atoms with Crippen molar-refractivity contribution in [1.29, 1.82) is 0 Å². The van der Waals surface area contributed by atoms with E-state index in [-0.39, 0.29) is 23.9 Å². The first-order valence-corrected chi connectivity index (χ1v) is 11.9. The zero-order chi connectivity index (χ0) is 23.3. The van der Waals surface area contributed by atoms with Crippen LogP contribution in [0.1, 0.15) is 34.7 Å². The third-order valence-electron chi connectivity index (χ3n) is 5.98. The van der Waals surface area contributed by atoms with E-state index in [1.54, 1.807) is 15.4 Å². The summed E-state index contributed by atoms with van der Waals surface area (Å²) in [5, 5.41) is 8.56. The lowest BCUT2D eigenvalue weighted by atomic mass is 10.0. The van der Waals surface area contributed by atoms with Crippen molar-refractivity contribution < 1.29 is 4.79 Å². The van der Waals surface area contributed by atoms with Gasteiger partial charge in [0.25, 0.3) is 5.56 Å². The van der Waals surface area contributed by atoms with Gasteiger partial charge in [0.1, 0.15) is 5.39 Å². The van der Waals surface area contributed by atoms with Crippen molar-refractivity contribution in [2.24, 2.45) is 0 Å². The van der Waals surface area contributed by atoms with Crippen LogP contribution in [0.3, 0.4) is 0 Å². The summed E-state index contributed by atoms with van der Waals surface area (Å²) in [4.78, 5) is 31.0. The number of fused-ring (bicyclic) bond motifs is 2. The largest absolute Gasteiger partial charge is 0.326 e. The van der Waals surface area contributed by atoms with Crippen LogP contribution in [0.5, 0.6) is 0 Å². The van der Waals surface area contributed by atoms with E-state index in [1.165, 1.54) is 11.8 Å². The van der Waals surface area contributed by atoms with E-state index in [4.69, 9.17) is 4.98 Å². The number of nitrogens with one attached hydrogen (secondary N) is 1. The van der Waals surface area contributed by atoms with Gasteiger partial charge in [-0.3, -0.25) is 14.2 Å². The Balaban J connectivity index is 1.45. The van der Waals surface area contributed by atoms with Crippen molar-refractivity contribution in [3.8, 4) is 5.69 Å². The Bertz CT molecular complexity index is 1450. The van der Waals surface area contributed by atoms with Crippen molar-refractivity contribution in [3.05, 3.63) is 75.2 Å². The average molecular weight is 460 g/mol. The smallest absolute Gasteiger partial charge is 0.265 e. The number of rotatable bonds is 4. The van der Waals surface area contributed by atoms with Crippen LogP contribution in [0.15, 0.2) is 52.5 Å². The molecule has 1 amide bonds. The molecular weight excluding hydrogens is 434 g/mol. The van der Waals surface area contributed by atoms with Crippen LogP contribution in [-0.4, -0.2) is 31.0 Å². The Morgan fingerprint density at radius 2 is 1.88 bits per heavy atom. The molecule has 0 bridgehead atoms. The second-order valence-electron chi connectivity index (χ2n) is 8.69. The minimum Gasteiger partial charge on any atom is -0.326 e. The molecule has 2 aromatic heterocycles. The van der Waals surface area contributed by atoms with E-state index in [1.807, 2.05) is 52.0 Å². The average Bonchev–Trinajstić information content (AvgIpc) is 3.36. The highest BCUT2D eigenvalue weighted by molar-refractivity contribution is 7.99. The summed E-state index contributed by atoms with van der Waals surface area (Å²) in [6, 6.07) is 11.8. The quantitative estimate of drug-likeness (QED) is 0.455. The van der Waals surface area contributed by atoms with Gasteiger partial charge in [-0.1, -0.05) is 41.6 Å². The molecule has 0 radical (unpaired) electrons.